The van der Waals surface area contributed by atoms with Crippen molar-refractivity contribution in [2.24, 2.45) is 5.92 Å². The molecule has 0 bridgehead atoms. The molecular formula is C15H18N4. The Morgan fingerprint density at radius 1 is 1.05 bits per heavy atom. The second-order valence-corrected chi connectivity index (χ2v) is 5.30. The van der Waals surface area contributed by atoms with E-state index < -0.39 is 0 Å². The van der Waals surface area contributed by atoms with Gasteiger partial charge < -0.3 is 11.5 Å². The van der Waals surface area contributed by atoms with Crippen LogP contribution in [0, 0.1) is 5.92 Å². The Hall–Kier alpha value is -2.10. The van der Waals surface area contributed by atoms with Crippen LogP contribution in [-0.4, -0.2) is 9.97 Å². The van der Waals surface area contributed by atoms with E-state index in [1.54, 1.807) is 0 Å². The topological polar surface area (TPSA) is 77.8 Å². The molecule has 0 aliphatic heterocycles. The molecule has 0 saturated heterocycles. The molecule has 0 spiro atoms. The zero-order chi connectivity index (χ0) is 13.4. The highest BCUT2D eigenvalue weighted by Gasteiger charge is 2.29. The molecule has 1 aromatic heterocycles. The van der Waals surface area contributed by atoms with Crippen molar-refractivity contribution in [2.75, 3.05) is 11.5 Å². The van der Waals surface area contributed by atoms with Crippen molar-refractivity contribution < 1.29 is 0 Å². The van der Waals surface area contributed by atoms with Gasteiger partial charge in [-0.1, -0.05) is 37.3 Å². The SMILES string of the molecule is C[C@@H]1Cc2nc(N)nc(N)c2C[C@H]1c1ccccc1. The lowest BCUT2D eigenvalue weighted by Crippen LogP contribution is -2.24. The van der Waals surface area contributed by atoms with E-state index >= 15 is 0 Å². The minimum atomic E-state index is 0.279. The third-order valence-corrected chi connectivity index (χ3v) is 4.00. The van der Waals surface area contributed by atoms with Crippen molar-refractivity contribution in [3.63, 3.8) is 0 Å². The second-order valence-electron chi connectivity index (χ2n) is 5.30. The molecule has 4 nitrogen and oxygen atoms in total. The van der Waals surface area contributed by atoms with Crippen molar-refractivity contribution in [1.29, 1.82) is 0 Å². The van der Waals surface area contributed by atoms with Gasteiger partial charge in [-0.15, -0.1) is 0 Å². The van der Waals surface area contributed by atoms with Crippen LogP contribution in [0.3, 0.4) is 0 Å². The second kappa shape index (κ2) is 4.53. The van der Waals surface area contributed by atoms with Gasteiger partial charge in [0.15, 0.2) is 0 Å². The molecule has 0 saturated carbocycles. The van der Waals surface area contributed by atoms with Crippen LogP contribution in [-0.2, 0) is 12.8 Å². The van der Waals surface area contributed by atoms with Crippen LogP contribution >= 0.6 is 0 Å². The Morgan fingerprint density at radius 2 is 1.79 bits per heavy atom. The summed E-state index contributed by atoms with van der Waals surface area (Å²) in [6.07, 6.45) is 1.80. The van der Waals surface area contributed by atoms with Crippen LogP contribution in [0.4, 0.5) is 11.8 Å². The number of rotatable bonds is 1. The molecule has 0 amide bonds. The summed E-state index contributed by atoms with van der Waals surface area (Å²) in [5.41, 5.74) is 15.1. The molecule has 1 aromatic carbocycles. The highest BCUT2D eigenvalue weighted by molar-refractivity contribution is 5.48. The molecule has 19 heavy (non-hydrogen) atoms. The molecule has 1 aliphatic rings. The van der Waals surface area contributed by atoms with E-state index in [-0.39, 0.29) is 5.95 Å². The van der Waals surface area contributed by atoms with Crippen molar-refractivity contribution in [3.8, 4) is 0 Å². The summed E-state index contributed by atoms with van der Waals surface area (Å²) in [5, 5.41) is 0. The average molecular weight is 254 g/mol. The largest absolute Gasteiger partial charge is 0.383 e. The monoisotopic (exact) mass is 254 g/mol. The van der Waals surface area contributed by atoms with Gasteiger partial charge in [-0.2, -0.15) is 4.98 Å². The fraction of sp³-hybridized carbons (Fsp3) is 0.333. The maximum absolute atomic E-state index is 6.00. The Kier molecular flexibility index (Phi) is 2.85. The van der Waals surface area contributed by atoms with Gasteiger partial charge in [0.05, 0.1) is 5.69 Å². The molecule has 98 valence electrons. The summed E-state index contributed by atoms with van der Waals surface area (Å²) < 4.78 is 0. The van der Waals surface area contributed by atoms with Crippen LogP contribution in [0.1, 0.15) is 29.7 Å². The summed E-state index contributed by atoms with van der Waals surface area (Å²) in [6, 6.07) is 10.6. The van der Waals surface area contributed by atoms with E-state index in [0.29, 0.717) is 17.7 Å². The predicted octanol–water partition coefficient (Wildman–Crippen LogP) is 2.16. The molecule has 1 heterocycles. The summed E-state index contributed by atoms with van der Waals surface area (Å²) in [6.45, 7) is 2.26. The average Bonchev–Trinajstić information content (AvgIpc) is 2.38. The number of nitrogens with two attached hydrogens (primary N) is 2. The van der Waals surface area contributed by atoms with E-state index in [0.717, 1.165) is 24.1 Å². The number of hydrogen-bond donors (Lipinski definition) is 2. The normalized spacial score (nSPS) is 21.9. The highest BCUT2D eigenvalue weighted by atomic mass is 15.0. The molecule has 0 radical (unpaired) electrons. The Bertz CT molecular complexity index is 595. The van der Waals surface area contributed by atoms with E-state index in [9.17, 15) is 0 Å². The van der Waals surface area contributed by atoms with Gasteiger partial charge >= 0.3 is 0 Å². The summed E-state index contributed by atoms with van der Waals surface area (Å²) in [4.78, 5) is 8.42. The van der Waals surface area contributed by atoms with Crippen LogP contribution in [0.5, 0.6) is 0 Å². The maximum Gasteiger partial charge on any atom is 0.222 e. The first-order chi connectivity index (χ1) is 9.15. The molecule has 4 N–H and O–H groups in total. The van der Waals surface area contributed by atoms with Gasteiger partial charge in [-0.05, 0) is 30.2 Å². The number of benzene rings is 1. The van der Waals surface area contributed by atoms with Crippen LogP contribution in [0.15, 0.2) is 30.3 Å². The predicted molar refractivity (Wildman–Crippen MR) is 76.6 cm³/mol. The van der Waals surface area contributed by atoms with Gasteiger partial charge in [0.1, 0.15) is 5.82 Å². The van der Waals surface area contributed by atoms with Gasteiger partial charge in [-0.25, -0.2) is 4.98 Å². The fourth-order valence-corrected chi connectivity index (χ4v) is 2.98. The van der Waals surface area contributed by atoms with Crippen LogP contribution < -0.4 is 11.5 Å². The van der Waals surface area contributed by atoms with Crippen molar-refractivity contribution >= 4 is 11.8 Å². The summed E-state index contributed by atoms with van der Waals surface area (Å²) >= 11 is 0. The number of fused-ring (bicyclic) bond motifs is 1. The third kappa shape index (κ3) is 2.14. The summed E-state index contributed by atoms with van der Waals surface area (Å²) in [7, 11) is 0. The lowest BCUT2D eigenvalue weighted by Gasteiger charge is -2.31. The Labute approximate surface area is 112 Å². The fourth-order valence-electron chi connectivity index (χ4n) is 2.98. The van der Waals surface area contributed by atoms with Gasteiger partial charge in [-0.3, -0.25) is 0 Å². The lowest BCUT2D eigenvalue weighted by atomic mass is 9.75. The minimum Gasteiger partial charge on any atom is -0.383 e. The highest BCUT2D eigenvalue weighted by Crippen LogP contribution is 2.37. The number of hydrogen-bond acceptors (Lipinski definition) is 4. The summed E-state index contributed by atoms with van der Waals surface area (Å²) in [5.74, 6) is 1.82. The van der Waals surface area contributed by atoms with E-state index in [1.165, 1.54) is 5.56 Å². The number of aromatic nitrogens is 2. The number of nitrogens with zero attached hydrogens (tertiary/aromatic N) is 2. The van der Waals surface area contributed by atoms with Crippen LogP contribution in [0.25, 0.3) is 0 Å². The third-order valence-electron chi connectivity index (χ3n) is 4.00. The van der Waals surface area contributed by atoms with Gasteiger partial charge in [0.25, 0.3) is 0 Å². The molecule has 0 fully saturated rings. The minimum absolute atomic E-state index is 0.279. The zero-order valence-electron chi connectivity index (χ0n) is 11.0. The standard InChI is InChI=1S/C15H18N4/c1-9-7-13-12(14(16)19-15(17)18-13)8-11(9)10-5-3-2-4-6-10/h2-6,9,11H,7-8H2,1H3,(H4,16,17,18,19)/t9-,11-/m1/s1. The molecule has 4 heteroatoms. The van der Waals surface area contributed by atoms with E-state index in [1.807, 2.05) is 6.07 Å². The van der Waals surface area contributed by atoms with E-state index in [4.69, 9.17) is 11.5 Å². The zero-order valence-corrected chi connectivity index (χ0v) is 11.0. The van der Waals surface area contributed by atoms with Crippen molar-refractivity contribution in [3.05, 3.63) is 47.2 Å². The number of nitrogen functional groups attached to an aromatic ring is 2. The maximum atomic E-state index is 6.00. The Balaban J connectivity index is 2.00. The van der Waals surface area contributed by atoms with Crippen molar-refractivity contribution in [2.45, 2.75) is 25.7 Å². The first-order valence-electron chi connectivity index (χ1n) is 6.61. The quantitative estimate of drug-likeness (QED) is 0.817. The molecule has 1 aliphatic carbocycles. The van der Waals surface area contributed by atoms with Gasteiger partial charge in [0.2, 0.25) is 5.95 Å². The smallest absolute Gasteiger partial charge is 0.222 e. The first-order valence-corrected chi connectivity index (χ1v) is 6.61. The first kappa shape index (κ1) is 12.0. The molecule has 2 atom stereocenters. The van der Waals surface area contributed by atoms with Crippen LogP contribution in [0.2, 0.25) is 0 Å². The lowest BCUT2D eigenvalue weighted by molar-refractivity contribution is 0.421. The Morgan fingerprint density at radius 3 is 2.53 bits per heavy atom. The molecular weight excluding hydrogens is 236 g/mol. The number of anilines is 2. The van der Waals surface area contributed by atoms with Gasteiger partial charge in [0, 0.05) is 5.56 Å². The molecule has 2 aromatic rings. The molecule has 0 unspecified atom stereocenters. The molecule has 3 rings (SSSR count). The van der Waals surface area contributed by atoms with E-state index in [2.05, 4.69) is 41.2 Å². The van der Waals surface area contributed by atoms with Crippen molar-refractivity contribution in [1.82, 2.24) is 9.97 Å².